The number of aromatic nitrogens is 4. The first-order chi connectivity index (χ1) is 16.0. The van der Waals surface area contributed by atoms with Gasteiger partial charge in [-0.1, -0.05) is 57.9 Å². The van der Waals surface area contributed by atoms with Crippen molar-refractivity contribution in [1.82, 2.24) is 19.7 Å². The normalized spacial score (nSPS) is 15.1. The molecule has 0 saturated carbocycles. The molecule has 2 N–H and O–H groups in total. The number of amides is 1. The van der Waals surface area contributed by atoms with Crippen LogP contribution in [-0.4, -0.2) is 25.7 Å². The van der Waals surface area contributed by atoms with E-state index >= 15 is 0 Å². The molecule has 5 rings (SSSR count). The Hall–Kier alpha value is -3.78. The van der Waals surface area contributed by atoms with E-state index in [0.717, 1.165) is 21.3 Å². The molecule has 0 aliphatic carbocycles. The summed E-state index contributed by atoms with van der Waals surface area (Å²) in [5.74, 6) is 0.967. The molecule has 1 unspecified atom stereocenters. The lowest BCUT2D eigenvalue weighted by molar-refractivity contribution is -0.113. The second-order valence-electron chi connectivity index (χ2n) is 7.88. The zero-order valence-electron chi connectivity index (χ0n) is 18.1. The van der Waals surface area contributed by atoms with Gasteiger partial charge in [0.25, 0.3) is 5.91 Å². The lowest BCUT2D eigenvalue weighted by Crippen LogP contribution is -2.31. The van der Waals surface area contributed by atoms with Crippen LogP contribution in [0.3, 0.4) is 0 Å². The van der Waals surface area contributed by atoms with Crippen LogP contribution in [0.2, 0.25) is 0 Å². The molecule has 0 fully saturated rings. The van der Waals surface area contributed by atoms with Crippen LogP contribution in [0, 0.1) is 6.92 Å². The summed E-state index contributed by atoms with van der Waals surface area (Å²) in [6.07, 6.45) is 3.29. The number of halogens is 1. The topological polar surface area (TPSA) is 84.7 Å². The van der Waals surface area contributed by atoms with Crippen molar-refractivity contribution in [2.24, 2.45) is 0 Å². The number of carbonyl (C=O) groups excluding carboxylic acids is 1. The molecule has 3 heterocycles. The van der Waals surface area contributed by atoms with E-state index in [1.54, 1.807) is 23.1 Å². The minimum atomic E-state index is -0.447. The molecule has 7 nitrogen and oxygen atoms in total. The molecule has 1 aliphatic heterocycles. The summed E-state index contributed by atoms with van der Waals surface area (Å²) in [6, 6.07) is 19.1. The maximum absolute atomic E-state index is 13.4. The molecule has 33 heavy (non-hydrogen) atoms. The number of hydrogen-bond acceptors (Lipinski definition) is 5. The van der Waals surface area contributed by atoms with E-state index in [1.165, 1.54) is 5.56 Å². The summed E-state index contributed by atoms with van der Waals surface area (Å²) < 4.78 is 2.74. The predicted molar refractivity (Wildman–Crippen MR) is 132 cm³/mol. The summed E-state index contributed by atoms with van der Waals surface area (Å²) in [5.41, 5.74) is 4.92. The van der Waals surface area contributed by atoms with Gasteiger partial charge < -0.3 is 10.6 Å². The van der Waals surface area contributed by atoms with Gasteiger partial charge in [0.05, 0.1) is 17.5 Å². The van der Waals surface area contributed by atoms with Crippen molar-refractivity contribution in [3.8, 4) is 11.4 Å². The molecule has 2 aromatic carbocycles. The molecule has 164 valence electrons. The van der Waals surface area contributed by atoms with Crippen molar-refractivity contribution in [3.63, 3.8) is 0 Å². The molecule has 0 spiro atoms. The Morgan fingerprint density at radius 2 is 1.82 bits per heavy atom. The third kappa shape index (κ3) is 4.17. The SMILES string of the molecule is CC1=C(C(=O)Nc2cccnc2)C(c2ccc(Br)cc2)n2nc(-c3ccc(C)cc3)nc2N1. The first-order valence-electron chi connectivity index (χ1n) is 10.5. The van der Waals surface area contributed by atoms with Gasteiger partial charge in [0, 0.05) is 21.9 Å². The van der Waals surface area contributed by atoms with E-state index in [1.807, 2.05) is 68.4 Å². The van der Waals surface area contributed by atoms with Gasteiger partial charge in [0.1, 0.15) is 6.04 Å². The number of rotatable bonds is 4. The van der Waals surface area contributed by atoms with Crippen molar-refractivity contribution in [1.29, 1.82) is 0 Å². The van der Waals surface area contributed by atoms with Gasteiger partial charge >= 0.3 is 0 Å². The Kier molecular flexibility index (Phi) is 5.51. The number of fused-ring (bicyclic) bond motifs is 1. The maximum atomic E-state index is 13.4. The quantitative estimate of drug-likeness (QED) is 0.395. The van der Waals surface area contributed by atoms with Crippen LogP contribution in [-0.2, 0) is 4.79 Å². The van der Waals surface area contributed by atoms with Gasteiger partial charge in [0.15, 0.2) is 5.82 Å². The number of pyridine rings is 1. The van der Waals surface area contributed by atoms with Gasteiger partial charge in [-0.2, -0.15) is 4.98 Å². The van der Waals surface area contributed by atoms with Crippen molar-refractivity contribution >= 4 is 33.5 Å². The number of anilines is 2. The molecule has 2 aromatic heterocycles. The number of nitrogens with one attached hydrogen (secondary N) is 2. The minimum absolute atomic E-state index is 0.223. The summed E-state index contributed by atoms with van der Waals surface area (Å²) in [4.78, 5) is 22.3. The number of carbonyl (C=O) groups is 1. The highest BCUT2D eigenvalue weighted by Gasteiger charge is 2.34. The molecule has 1 atom stereocenters. The first-order valence-corrected chi connectivity index (χ1v) is 11.3. The van der Waals surface area contributed by atoms with E-state index in [9.17, 15) is 4.79 Å². The Labute approximate surface area is 199 Å². The number of aryl methyl sites for hydroxylation is 1. The zero-order chi connectivity index (χ0) is 22.9. The highest BCUT2D eigenvalue weighted by atomic mass is 79.9. The Morgan fingerprint density at radius 1 is 1.06 bits per heavy atom. The monoisotopic (exact) mass is 500 g/mol. The predicted octanol–water partition coefficient (Wildman–Crippen LogP) is 5.34. The van der Waals surface area contributed by atoms with E-state index in [0.29, 0.717) is 23.0 Å². The first kappa shape index (κ1) is 21.1. The van der Waals surface area contributed by atoms with Gasteiger partial charge in [0.2, 0.25) is 5.95 Å². The second kappa shape index (κ2) is 8.63. The molecule has 1 amide bonds. The van der Waals surface area contributed by atoms with Crippen molar-refractivity contribution in [2.45, 2.75) is 19.9 Å². The summed E-state index contributed by atoms with van der Waals surface area (Å²) in [7, 11) is 0. The second-order valence-corrected chi connectivity index (χ2v) is 8.80. The Bertz CT molecular complexity index is 1340. The fourth-order valence-electron chi connectivity index (χ4n) is 3.86. The molecular formula is C25H21BrN6O. The smallest absolute Gasteiger partial charge is 0.255 e. The van der Waals surface area contributed by atoms with Gasteiger partial charge in [-0.15, -0.1) is 5.10 Å². The molecular weight excluding hydrogens is 480 g/mol. The molecule has 8 heteroatoms. The van der Waals surface area contributed by atoms with E-state index in [2.05, 4.69) is 31.5 Å². The highest BCUT2D eigenvalue weighted by molar-refractivity contribution is 9.10. The average molecular weight is 501 g/mol. The van der Waals surface area contributed by atoms with Crippen LogP contribution < -0.4 is 10.6 Å². The molecule has 1 aliphatic rings. The zero-order valence-corrected chi connectivity index (χ0v) is 19.7. The van der Waals surface area contributed by atoms with Gasteiger partial charge in [-0.05, 0) is 43.7 Å². The number of benzene rings is 2. The number of allylic oxidation sites excluding steroid dienone is 1. The largest absolute Gasteiger partial charge is 0.328 e. The third-order valence-corrected chi connectivity index (χ3v) is 6.04. The average Bonchev–Trinajstić information content (AvgIpc) is 3.23. The Morgan fingerprint density at radius 3 is 2.52 bits per heavy atom. The molecule has 0 bridgehead atoms. The Balaban J connectivity index is 1.60. The van der Waals surface area contributed by atoms with Crippen LogP contribution in [0.25, 0.3) is 11.4 Å². The standard InChI is InChI=1S/C25H21BrN6O/c1-15-5-7-18(8-6-15)23-30-25-28-16(2)21(24(33)29-20-4-3-13-27-14-20)22(32(25)31-23)17-9-11-19(26)12-10-17/h3-14,22H,1-2H3,(H,29,33)(H,28,30,31). The molecule has 0 radical (unpaired) electrons. The van der Waals surface area contributed by atoms with Crippen LogP contribution in [0.4, 0.5) is 11.6 Å². The summed E-state index contributed by atoms with van der Waals surface area (Å²) >= 11 is 3.50. The fourth-order valence-corrected chi connectivity index (χ4v) is 4.12. The number of nitrogens with zero attached hydrogens (tertiary/aromatic N) is 4. The molecule has 0 saturated heterocycles. The van der Waals surface area contributed by atoms with Crippen LogP contribution >= 0.6 is 15.9 Å². The van der Waals surface area contributed by atoms with Crippen LogP contribution in [0.1, 0.15) is 24.1 Å². The maximum Gasteiger partial charge on any atom is 0.255 e. The van der Waals surface area contributed by atoms with E-state index < -0.39 is 6.04 Å². The van der Waals surface area contributed by atoms with Crippen molar-refractivity contribution < 1.29 is 4.79 Å². The van der Waals surface area contributed by atoms with E-state index in [-0.39, 0.29) is 5.91 Å². The van der Waals surface area contributed by atoms with Gasteiger partial charge in [-0.25, -0.2) is 4.68 Å². The number of hydrogen-bond donors (Lipinski definition) is 2. The molecule has 4 aromatic rings. The summed E-state index contributed by atoms with van der Waals surface area (Å²) in [6.45, 7) is 3.93. The summed E-state index contributed by atoms with van der Waals surface area (Å²) in [5, 5.41) is 11.0. The van der Waals surface area contributed by atoms with Crippen LogP contribution in [0.5, 0.6) is 0 Å². The fraction of sp³-hybridized carbons (Fsp3) is 0.120. The van der Waals surface area contributed by atoms with Gasteiger partial charge in [-0.3, -0.25) is 9.78 Å². The lowest BCUT2D eigenvalue weighted by atomic mass is 9.95. The van der Waals surface area contributed by atoms with E-state index in [4.69, 9.17) is 10.1 Å². The van der Waals surface area contributed by atoms with Crippen LogP contribution in [0.15, 0.2) is 88.8 Å². The van der Waals surface area contributed by atoms with Crippen molar-refractivity contribution in [2.75, 3.05) is 10.6 Å². The minimum Gasteiger partial charge on any atom is -0.328 e. The third-order valence-electron chi connectivity index (χ3n) is 5.51. The van der Waals surface area contributed by atoms with Crippen molar-refractivity contribution in [3.05, 3.63) is 99.9 Å². The lowest BCUT2D eigenvalue weighted by Gasteiger charge is -2.28. The highest BCUT2D eigenvalue weighted by Crippen LogP contribution is 2.37.